The highest BCUT2D eigenvalue weighted by atomic mass is 79.9. The predicted molar refractivity (Wildman–Crippen MR) is 51.1 cm³/mol. The van der Waals surface area contributed by atoms with Crippen LogP contribution < -0.4 is 0 Å². The number of rotatable bonds is 2. The summed E-state index contributed by atoms with van der Waals surface area (Å²) in [5.74, 6) is -4.07. The number of hydrogen-bond acceptors (Lipinski definition) is 2. The van der Waals surface area contributed by atoms with E-state index in [0.717, 1.165) is 6.07 Å². The summed E-state index contributed by atoms with van der Waals surface area (Å²) < 4.78 is 13.3. The molecule has 1 aromatic rings. The third-order valence-electron chi connectivity index (χ3n) is 1.47. The van der Waals surface area contributed by atoms with Crippen LogP contribution in [0.15, 0.2) is 16.6 Å². The number of halogens is 3. The third kappa shape index (κ3) is 1.93. The summed E-state index contributed by atoms with van der Waals surface area (Å²) in [6.45, 7) is 0. The molecule has 0 saturated carbocycles. The van der Waals surface area contributed by atoms with Crippen molar-refractivity contribution in [3.8, 4) is 0 Å². The lowest BCUT2D eigenvalue weighted by Crippen LogP contribution is -2.15. The molecule has 0 fully saturated rings. The molecule has 0 amide bonds. The summed E-state index contributed by atoms with van der Waals surface area (Å²) >= 11 is 8.52. The molecular weight excluding hydrogens is 278 g/mol. The zero-order valence-corrected chi connectivity index (χ0v) is 8.89. The quantitative estimate of drug-likeness (QED) is 0.515. The average molecular weight is 281 g/mol. The van der Waals surface area contributed by atoms with Crippen LogP contribution in [0.5, 0.6) is 0 Å². The van der Waals surface area contributed by atoms with E-state index in [2.05, 4.69) is 15.9 Å². The monoisotopic (exact) mass is 280 g/mol. The Hall–Kier alpha value is -0.940. The molecular formula is C8H3BrClFO3. The van der Waals surface area contributed by atoms with Crippen molar-refractivity contribution in [3.63, 3.8) is 0 Å². The molecule has 0 bridgehead atoms. The van der Waals surface area contributed by atoms with Crippen molar-refractivity contribution < 1.29 is 19.1 Å². The van der Waals surface area contributed by atoms with E-state index < -0.39 is 23.1 Å². The van der Waals surface area contributed by atoms with Gasteiger partial charge in [0, 0.05) is 4.47 Å². The molecule has 1 N–H and O–H groups in total. The topological polar surface area (TPSA) is 54.4 Å². The third-order valence-corrected chi connectivity index (χ3v) is 2.75. The molecule has 0 aromatic heterocycles. The lowest BCUT2D eigenvalue weighted by atomic mass is 10.1. The predicted octanol–water partition coefficient (Wildman–Crippen LogP) is 2.51. The average Bonchev–Trinajstić information content (AvgIpc) is 2.12. The Morgan fingerprint density at radius 2 is 2.00 bits per heavy atom. The van der Waals surface area contributed by atoms with E-state index >= 15 is 0 Å². The number of ketones is 1. The summed E-state index contributed by atoms with van der Waals surface area (Å²) in [4.78, 5) is 21.3. The highest BCUT2D eigenvalue weighted by Gasteiger charge is 2.23. The van der Waals surface area contributed by atoms with Crippen LogP contribution in [0.1, 0.15) is 10.4 Å². The van der Waals surface area contributed by atoms with Gasteiger partial charge in [0.1, 0.15) is 5.82 Å². The van der Waals surface area contributed by atoms with E-state index in [4.69, 9.17) is 16.7 Å². The lowest BCUT2D eigenvalue weighted by molar-refractivity contribution is -0.131. The molecule has 0 saturated heterocycles. The maximum Gasteiger partial charge on any atom is 0.377 e. The van der Waals surface area contributed by atoms with E-state index in [9.17, 15) is 14.0 Å². The number of benzene rings is 1. The SMILES string of the molecule is O=C(O)C(=O)c1c(F)ccc(Br)c1Cl. The highest BCUT2D eigenvalue weighted by molar-refractivity contribution is 9.10. The van der Waals surface area contributed by atoms with E-state index in [1.165, 1.54) is 6.07 Å². The minimum absolute atomic E-state index is 0.239. The van der Waals surface area contributed by atoms with Gasteiger partial charge in [0.05, 0.1) is 10.6 Å². The first-order valence-electron chi connectivity index (χ1n) is 3.36. The minimum Gasteiger partial charge on any atom is -0.475 e. The van der Waals surface area contributed by atoms with E-state index in [0.29, 0.717) is 0 Å². The Kier molecular flexibility index (Phi) is 3.23. The first-order chi connectivity index (χ1) is 6.45. The van der Waals surface area contributed by atoms with Gasteiger partial charge in [0.25, 0.3) is 5.78 Å². The molecule has 1 rings (SSSR count). The Labute approximate surface area is 91.6 Å². The molecule has 3 nitrogen and oxygen atoms in total. The number of hydrogen-bond donors (Lipinski definition) is 1. The van der Waals surface area contributed by atoms with Crippen LogP contribution in [0.25, 0.3) is 0 Å². The lowest BCUT2D eigenvalue weighted by Gasteiger charge is -2.03. The molecule has 0 aliphatic rings. The van der Waals surface area contributed by atoms with Gasteiger partial charge >= 0.3 is 5.97 Å². The fourth-order valence-electron chi connectivity index (χ4n) is 0.842. The van der Waals surface area contributed by atoms with Gasteiger partial charge < -0.3 is 5.11 Å². The van der Waals surface area contributed by atoms with E-state index in [1.54, 1.807) is 0 Å². The normalized spacial score (nSPS) is 9.93. The Balaban J connectivity index is 3.40. The first kappa shape index (κ1) is 11.1. The number of carbonyl (C=O) groups excluding carboxylic acids is 1. The van der Waals surface area contributed by atoms with Gasteiger partial charge in [-0.2, -0.15) is 0 Å². The van der Waals surface area contributed by atoms with Crippen LogP contribution >= 0.6 is 27.5 Å². The Morgan fingerprint density at radius 1 is 1.43 bits per heavy atom. The second kappa shape index (κ2) is 4.06. The van der Waals surface area contributed by atoms with Crippen molar-refractivity contribution in [2.24, 2.45) is 0 Å². The fourth-order valence-corrected chi connectivity index (χ4v) is 1.41. The molecule has 0 aliphatic carbocycles. The van der Waals surface area contributed by atoms with Crippen LogP contribution in [-0.2, 0) is 4.79 Å². The summed E-state index contributed by atoms with van der Waals surface area (Å²) in [6, 6.07) is 2.25. The van der Waals surface area contributed by atoms with Crippen molar-refractivity contribution in [2.75, 3.05) is 0 Å². The summed E-state index contributed by atoms with van der Waals surface area (Å²) in [6.07, 6.45) is 0. The largest absolute Gasteiger partial charge is 0.475 e. The number of Topliss-reactive ketones (excluding diaryl/α,β-unsaturated/α-hetero) is 1. The summed E-state index contributed by atoms with van der Waals surface area (Å²) in [5, 5.41) is 8.15. The van der Waals surface area contributed by atoms with E-state index in [1.807, 2.05) is 0 Å². The number of aliphatic carboxylic acids is 1. The van der Waals surface area contributed by atoms with Gasteiger partial charge in [-0.15, -0.1) is 0 Å². The molecule has 74 valence electrons. The Morgan fingerprint density at radius 3 is 2.50 bits per heavy atom. The van der Waals surface area contributed by atoms with Gasteiger partial charge in [-0.05, 0) is 28.1 Å². The van der Waals surface area contributed by atoms with Crippen molar-refractivity contribution in [1.82, 2.24) is 0 Å². The molecule has 0 atom stereocenters. The molecule has 14 heavy (non-hydrogen) atoms. The zero-order valence-electron chi connectivity index (χ0n) is 6.55. The number of carbonyl (C=O) groups is 2. The fraction of sp³-hybridized carbons (Fsp3) is 0. The summed E-state index contributed by atoms with van der Waals surface area (Å²) in [7, 11) is 0. The Bertz CT molecular complexity index is 419. The van der Waals surface area contributed by atoms with Gasteiger partial charge in [-0.3, -0.25) is 4.79 Å². The van der Waals surface area contributed by atoms with Crippen LogP contribution in [-0.4, -0.2) is 16.9 Å². The maximum absolute atomic E-state index is 13.1. The second-order valence-corrected chi connectivity index (χ2v) is 3.58. The van der Waals surface area contributed by atoms with Crippen molar-refractivity contribution >= 4 is 39.3 Å². The zero-order chi connectivity index (χ0) is 10.9. The smallest absolute Gasteiger partial charge is 0.377 e. The minimum atomic E-state index is -1.75. The van der Waals surface area contributed by atoms with Crippen LogP contribution in [0.4, 0.5) is 4.39 Å². The molecule has 0 aliphatic heterocycles. The number of carboxylic acids is 1. The molecule has 0 heterocycles. The molecule has 0 unspecified atom stereocenters. The van der Waals surface area contributed by atoms with Crippen LogP contribution in [0.2, 0.25) is 5.02 Å². The molecule has 1 aromatic carbocycles. The number of carboxylic acid groups (broad SMARTS) is 1. The standard InChI is InChI=1S/C8H3BrClFO3/c9-3-1-2-4(11)5(6(3)10)7(12)8(13)14/h1-2H,(H,13,14). The molecule has 0 radical (unpaired) electrons. The van der Waals surface area contributed by atoms with Crippen LogP contribution in [0, 0.1) is 5.82 Å². The molecule has 6 heteroatoms. The van der Waals surface area contributed by atoms with Gasteiger partial charge in [-0.1, -0.05) is 11.6 Å². The van der Waals surface area contributed by atoms with Gasteiger partial charge in [0.2, 0.25) is 0 Å². The van der Waals surface area contributed by atoms with Crippen molar-refractivity contribution in [2.45, 2.75) is 0 Å². The molecule has 0 spiro atoms. The first-order valence-corrected chi connectivity index (χ1v) is 4.53. The van der Waals surface area contributed by atoms with Gasteiger partial charge in [0.15, 0.2) is 0 Å². The summed E-state index contributed by atoms with van der Waals surface area (Å²) in [5.41, 5.74) is -0.631. The second-order valence-electron chi connectivity index (χ2n) is 2.35. The van der Waals surface area contributed by atoms with E-state index in [-0.39, 0.29) is 9.50 Å². The van der Waals surface area contributed by atoms with Gasteiger partial charge in [-0.25, -0.2) is 9.18 Å². The maximum atomic E-state index is 13.1. The van der Waals surface area contributed by atoms with Crippen molar-refractivity contribution in [3.05, 3.63) is 33.0 Å². The van der Waals surface area contributed by atoms with Crippen LogP contribution in [0.3, 0.4) is 0 Å². The van der Waals surface area contributed by atoms with Crippen molar-refractivity contribution in [1.29, 1.82) is 0 Å². The highest BCUT2D eigenvalue weighted by Crippen LogP contribution is 2.28.